The molecule has 3 rings (SSSR count). The molecule has 20 heavy (non-hydrogen) atoms. The van der Waals surface area contributed by atoms with Crippen LogP contribution in [0.15, 0.2) is 23.9 Å². The minimum Gasteiger partial charge on any atom is -0.322 e. The molecule has 0 aromatic rings. The van der Waals surface area contributed by atoms with Crippen LogP contribution >= 0.6 is 0 Å². The Bertz CT molecular complexity index is 476. The Morgan fingerprint density at radius 3 is 2.70 bits per heavy atom. The first-order valence-corrected chi connectivity index (χ1v) is 7.47. The van der Waals surface area contributed by atoms with Crippen LogP contribution in [0.25, 0.3) is 0 Å². The lowest BCUT2D eigenvalue weighted by molar-refractivity contribution is -0.133. The molecular formula is C15H21N3O2. The Morgan fingerprint density at radius 2 is 2.00 bits per heavy atom. The minimum absolute atomic E-state index is 0.120. The van der Waals surface area contributed by atoms with E-state index in [1.54, 1.807) is 0 Å². The molecule has 1 spiro atoms. The molecular weight excluding hydrogens is 254 g/mol. The van der Waals surface area contributed by atoms with Crippen molar-refractivity contribution in [1.29, 1.82) is 0 Å². The number of amides is 3. The molecule has 0 aromatic carbocycles. The van der Waals surface area contributed by atoms with Gasteiger partial charge in [-0.2, -0.15) is 5.01 Å². The molecule has 5 nitrogen and oxygen atoms in total. The molecule has 2 N–H and O–H groups in total. The van der Waals surface area contributed by atoms with E-state index in [-0.39, 0.29) is 11.9 Å². The van der Waals surface area contributed by atoms with Crippen molar-refractivity contribution in [1.82, 2.24) is 15.8 Å². The number of imide groups is 1. The summed E-state index contributed by atoms with van der Waals surface area (Å²) in [7, 11) is 0. The van der Waals surface area contributed by atoms with Crippen LogP contribution in [0.3, 0.4) is 0 Å². The monoisotopic (exact) mass is 275 g/mol. The minimum atomic E-state index is -0.646. The Balaban J connectivity index is 1.69. The van der Waals surface area contributed by atoms with Gasteiger partial charge in [-0.25, -0.2) is 4.79 Å². The number of hydrazine groups is 1. The van der Waals surface area contributed by atoms with Crippen LogP contribution in [0.5, 0.6) is 0 Å². The maximum Gasteiger partial charge on any atom is 0.344 e. The van der Waals surface area contributed by atoms with Gasteiger partial charge in [-0.3, -0.25) is 10.2 Å². The van der Waals surface area contributed by atoms with Crippen LogP contribution in [0.2, 0.25) is 0 Å². The number of urea groups is 1. The van der Waals surface area contributed by atoms with Gasteiger partial charge in [-0.1, -0.05) is 31.4 Å². The highest BCUT2D eigenvalue weighted by Crippen LogP contribution is 2.33. The van der Waals surface area contributed by atoms with Crippen LogP contribution in [0.4, 0.5) is 4.79 Å². The standard InChI is InChI=1S/C15H21N3O2/c19-13-15(9-5-2-6-10-15)17-14(20)18(13)16-11-12-7-3-1-4-8-12/h1,3,11,16H,2,4-10H2,(H,17,20)/b12-11+. The quantitative estimate of drug-likeness (QED) is 0.601. The van der Waals surface area contributed by atoms with E-state index >= 15 is 0 Å². The predicted octanol–water partition coefficient (Wildman–Crippen LogP) is 2.37. The summed E-state index contributed by atoms with van der Waals surface area (Å²) < 4.78 is 0. The van der Waals surface area contributed by atoms with E-state index in [0.717, 1.165) is 56.4 Å². The third-order valence-electron chi connectivity index (χ3n) is 4.45. The van der Waals surface area contributed by atoms with Gasteiger partial charge in [0, 0.05) is 6.20 Å². The average Bonchev–Trinajstić information content (AvgIpc) is 2.70. The molecule has 0 radical (unpaired) electrons. The topological polar surface area (TPSA) is 61.4 Å². The van der Waals surface area contributed by atoms with Crippen molar-refractivity contribution in [3.05, 3.63) is 23.9 Å². The van der Waals surface area contributed by atoms with Crippen LogP contribution in [0, 0.1) is 0 Å². The van der Waals surface area contributed by atoms with Crippen molar-refractivity contribution in [2.75, 3.05) is 0 Å². The molecule has 1 aliphatic heterocycles. The number of rotatable bonds is 2. The lowest BCUT2D eigenvalue weighted by Gasteiger charge is -2.30. The SMILES string of the molecule is O=C1NC2(CCCCC2)C(=O)N1N/C=C1\CC=CCC1. The summed E-state index contributed by atoms with van der Waals surface area (Å²) in [6, 6.07) is -0.319. The normalized spacial score (nSPS) is 27.2. The van der Waals surface area contributed by atoms with E-state index in [0.29, 0.717) is 0 Å². The van der Waals surface area contributed by atoms with Crippen molar-refractivity contribution < 1.29 is 9.59 Å². The lowest BCUT2D eigenvalue weighted by atomic mass is 9.82. The van der Waals surface area contributed by atoms with Crippen molar-refractivity contribution in [3.8, 4) is 0 Å². The summed E-state index contributed by atoms with van der Waals surface area (Å²) in [6.45, 7) is 0. The first-order valence-electron chi connectivity index (χ1n) is 7.47. The zero-order valence-corrected chi connectivity index (χ0v) is 11.7. The van der Waals surface area contributed by atoms with E-state index < -0.39 is 5.54 Å². The molecule has 0 bridgehead atoms. The van der Waals surface area contributed by atoms with E-state index in [9.17, 15) is 9.59 Å². The number of hydrogen-bond acceptors (Lipinski definition) is 3. The molecule has 0 unspecified atom stereocenters. The van der Waals surface area contributed by atoms with E-state index in [2.05, 4.69) is 22.9 Å². The fourth-order valence-corrected chi connectivity index (χ4v) is 3.24. The summed E-state index contributed by atoms with van der Waals surface area (Å²) in [4.78, 5) is 24.5. The highest BCUT2D eigenvalue weighted by molar-refractivity contribution is 6.06. The maximum absolute atomic E-state index is 12.5. The molecule has 0 atom stereocenters. The van der Waals surface area contributed by atoms with Gasteiger partial charge < -0.3 is 5.32 Å². The number of hydrogen-bond donors (Lipinski definition) is 2. The first-order chi connectivity index (χ1) is 9.71. The van der Waals surface area contributed by atoms with Crippen molar-refractivity contribution >= 4 is 11.9 Å². The van der Waals surface area contributed by atoms with Gasteiger partial charge in [0.15, 0.2) is 0 Å². The largest absolute Gasteiger partial charge is 0.344 e. The molecule has 5 heteroatoms. The molecule has 2 fully saturated rings. The Morgan fingerprint density at radius 1 is 1.20 bits per heavy atom. The molecule has 2 aliphatic carbocycles. The summed E-state index contributed by atoms with van der Waals surface area (Å²) in [5.74, 6) is -0.120. The Hall–Kier alpha value is -1.78. The zero-order valence-electron chi connectivity index (χ0n) is 11.7. The average molecular weight is 275 g/mol. The first kappa shape index (κ1) is 13.2. The molecule has 0 aromatic heterocycles. The van der Waals surface area contributed by atoms with Crippen LogP contribution < -0.4 is 10.7 Å². The molecule has 1 heterocycles. The Kier molecular flexibility index (Phi) is 3.51. The second-order valence-electron chi connectivity index (χ2n) is 5.86. The third kappa shape index (κ3) is 2.32. The van der Waals surface area contributed by atoms with E-state index in [1.165, 1.54) is 5.57 Å². The van der Waals surface area contributed by atoms with Crippen LogP contribution in [0.1, 0.15) is 51.4 Å². The summed E-state index contributed by atoms with van der Waals surface area (Å²) in [5.41, 5.74) is 3.47. The van der Waals surface area contributed by atoms with E-state index in [1.807, 2.05) is 6.20 Å². The molecule has 1 saturated carbocycles. The Labute approximate surface area is 119 Å². The smallest absolute Gasteiger partial charge is 0.322 e. The fourth-order valence-electron chi connectivity index (χ4n) is 3.24. The lowest BCUT2D eigenvalue weighted by Crippen LogP contribution is -2.49. The number of nitrogens with one attached hydrogen (secondary N) is 2. The number of nitrogens with zero attached hydrogens (tertiary/aromatic N) is 1. The molecule has 3 amide bonds. The molecule has 3 aliphatic rings. The van der Waals surface area contributed by atoms with Gasteiger partial charge in [0.1, 0.15) is 5.54 Å². The van der Waals surface area contributed by atoms with Crippen LogP contribution in [-0.4, -0.2) is 22.5 Å². The van der Waals surface area contributed by atoms with Crippen molar-refractivity contribution in [2.24, 2.45) is 0 Å². The highest BCUT2D eigenvalue weighted by Gasteiger charge is 2.51. The van der Waals surface area contributed by atoms with Crippen molar-refractivity contribution in [3.63, 3.8) is 0 Å². The second kappa shape index (κ2) is 5.31. The van der Waals surface area contributed by atoms with Gasteiger partial charge in [0.05, 0.1) is 0 Å². The summed E-state index contributed by atoms with van der Waals surface area (Å²) >= 11 is 0. The van der Waals surface area contributed by atoms with Gasteiger partial charge in [-0.05, 0) is 37.7 Å². The second-order valence-corrected chi connectivity index (χ2v) is 5.86. The van der Waals surface area contributed by atoms with Crippen molar-refractivity contribution in [2.45, 2.75) is 56.9 Å². The van der Waals surface area contributed by atoms with Gasteiger partial charge in [0.25, 0.3) is 5.91 Å². The van der Waals surface area contributed by atoms with Gasteiger partial charge >= 0.3 is 6.03 Å². The predicted molar refractivity (Wildman–Crippen MR) is 75.4 cm³/mol. The van der Waals surface area contributed by atoms with Crippen LogP contribution in [-0.2, 0) is 4.79 Å². The van der Waals surface area contributed by atoms with E-state index in [4.69, 9.17) is 0 Å². The molecule has 1 saturated heterocycles. The van der Waals surface area contributed by atoms with Gasteiger partial charge in [-0.15, -0.1) is 0 Å². The maximum atomic E-state index is 12.5. The number of carbonyl (C=O) groups excluding carboxylic acids is 2. The third-order valence-corrected chi connectivity index (χ3v) is 4.45. The zero-order chi connectivity index (χ0) is 14.0. The summed E-state index contributed by atoms with van der Waals surface area (Å²) in [5, 5.41) is 4.04. The number of carbonyl (C=O) groups is 2. The fraction of sp³-hybridized carbons (Fsp3) is 0.600. The summed E-state index contributed by atoms with van der Waals surface area (Å²) in [6.07, 6.45) is 13.7. The number of allylic oxidation sites excluding steroid dienone is 3. The highest BCUT2D eigenvalue weighted by atomic mass is 16.2. The molecule has 108 valence electrons. The van der Waals surface area contributed by atoms with Gasteiger partial charge in [0.2, 0.25) is 0 Å².